The molecule has 9 nitrogen and oxygen atoms in total. The second kappa shape index (κ2) is 10.3. The Morgan fingerprint density at radius 3 is 2.56 bits per heavy atom. The zero-order chi connectivity index (χ0) is 22.3. The van der Waals surface area contributed by atoms with E-state index in [2.05, 4.69) is 25.9 Å². The van der Waals surface area contributed by atoms with Crippen LogP contribution in [0.2, 0.25) is 0 Å². The number of aromatic nitrogens is 2. The molecule has 3 N–H and O–H groups in total. The van der Waals surface area contributed by atoms with Crippen LogP contribution in [0.25, 0.3) is 0 Å². The first kappa shape index (κ1) is 21.9. The Bertz CT molecular complexity index is 1080. The van der Waals surface area contributed by atoms with E-state index in [-0.39, 0.29) is 0 Å². The van der Waals surface area contributed by atoms with Crippen molar-refractivity contribution in [3.05, 3.63) is 60.9 Å². The number of carbonyl (C=O) groups is 1. The number of benzene rings is 2. The average molecular weight is 453 g/mol. The molecule has 0 radical (unpaired) electrons. The molecule has 0 saturated carbocycles. The number of nitrogens with zero attached hydrogens (tertiary/aromatic N) is 3. The van der Waals surface area contributed by atoms with Gasteiger partial charge in [-0.3, -0.25) is 5.32 Å². The molecule has 1 saturated heterocycles. The number of carbonyl (C=O) groups excluding carboxylic acids is 1. The van der Waals surface area contributed by atoms with E-state index in [0.29, 0.717) is 23.1 Å². The van der Waals surface area contributed by atoms with Gasteiger partial charge in [-0.05, 0) is 37.1 Å². The van der Waals surface area contributed by atoms with Crippen LogP contribution < -0.4 is 20.7 Å². The zero-order valence-electron chi connectivity index (χ0n) is 17.6. The van der Waals surface area contributed by atoms with Gasteiger partial charge in [-0.2, -0.15) is 0 Å². The lowest BCUT2D eigenvalue weighted by atomic mass is 10.3. The van der Waals surface area contributed by atoms with Crippen molar-refractivity contribution in [3.63, 3.8) is 0 Å². The molecule has 3 aromatic rings. The summed E-state index contributed by atoms with van der Waals surface area (Å²) in [5.74, 6) is 1.48. The zero-order valence-corrected chi connectivity index (χ0v) is 18.4. The maximum absolute atomic E-state index is 12.7. The van der Waals surface area contributed by atoms with Crippen LogP contribution in [0.3, 0.4) is 0 Å². The van der Waals surface area contributed by atoms with E-state index in [1.165, 1.54) is 6.33 Å². The Morgan fingerprint density at radius 1 is 1.00 bits per heavy atom. The van der Waals surface area contributed by atoms with Crippen LogP contribution in [-0.2, 0) is 11.4 Å². The van der Waals surface area contributed by atoms with Crippen LogP contribution in [-0.4, -0.2) is 45.1 Å². The molecule has 10 heteroatoms. The fraction of sp³-hybridized carbons (Fsp3) is 0.227. The minimum Gasteiger partial charge on any atom is -0.593 e. The number of methoxy groups -OCH3 is 1. The first-order valence-electron chi connectivity index (χ1n) is 10.2. The van der Waals surface area contributed by atoms with Crippen molar-refractivity contribution in [1.82, 2.24) is 14.3 Å². The predicted octanol–water partition coefficient (Wildman–Crippen LogP) is 3.99. The molecular weight excluding hydrogens is 428 g/mol. The monoisotopic (exact) mass is 452 g/mol. The van der Waals surface area contributed by atoms with Gasteiger partial charge in [0.1, 0.15) is 23.7 Å². The Labute approximate surface area is 189 Å². The van der Waals surface area contributed by atoms with Gasteiger partial charge < -0.3 is 19.9 Å². The molecule has 1 fully saturated rings. The number of amides is 2. The molecule has 1 aliphatic rings. The van der Waals surface area contributed by atoms with Gasteiger partial charge in [0.15, 0.2) is 4.90 Å². The molecular formula is C22H24N6O3S. The minimum atomic E-state index is -1.17. The lowest BCUT2D eigenvalue weighted by molar-refractivity contribution is 0.262. The van der Waals surface area contributed by atoms with Crippen molar-refractivity contribution in [2.45, 2.75) is 17.7 Å². The van der Waals surface area contributed by atoms with Gasteiger partial charge in [-0.1, -0.05) is 12.1 Å². The summed E-state index contributed by atoms with van der Waals surface area (Å²) >= 11 is -1.17. The van der Waals surface area contributed by atoms with Crippen molar-refractivity contribution in [1.29, 1.82) is 0 Å². The summed E-state index contributed by atoms with van der Waals surface area (Å²) in [7, 11) is 1.56. The highest BCUT2D eigenvalue weighted by molar-refractivity contribution is 7.89. The number of nitrogens with one attached hydrogen (secondary N) is 3. The second-order valence-corrected chi connectivity index (χ2v) is 8.62. The molecule has 1 atom stereocenters. The van der Waals surface area contributed by atoms with Gasteiger partial charge in [0.25, 0.3) is 0 Å². The van der Waals surface area contributed by atoms with E-state index in [9.17, 15) is 9.35 Å². The highest BCUT2D eigenvalue weighted by Crippen LogP contribution is 2.25. The van der Waals surface area contributed by atoms with Crippen molar-refractivity contribution in [3.8, 4) is 5.75 Å². The molecule has 2 heterocycles. The molecule has 0 aliphatic carbocycles. The molecule has 0 spiro atoms. The molecule has 2 amide bonds. The van der Waals surface area contributed by atoms with Gasteiger partial charge in [-0.15, -0.1) is 4.31 Å². The maximum Gasteiger partial charge on any atom is 0.324 e. The van der Waals surface area contributed by atoms with E-state index in [1.807, 2.05) is 28.6 Å². The van der Waals surface area contributed by atoms with E-state index >= 15 is 0 Å². The molecule has 2 aromatic carbocycles. The molecule has 4 rings (SSSR count). The van der Waals surface area contributed by atoms with E-state index in [1.54, 1.807) is 37.4 Å². The third kappa shape index (κ3) is 5.67. The summed E-state index contributed by atoms with van der Waals surface area (Å²) < 4.78 is 19.9. The Balaban J connectivity index is 1.39. The van der Waals surface area contributed by atoms with Crippen molar-refractivity contribution in [2.75, 3.05) is 36.1 Å². The molecule has 166 valence electrons. The summed E-state index contributed by atoms with van der Waals surface area (Å²) in [5, 5.41) is 8.59. The fourth-order valence-corrected chi connectivity index (χ4v) is 4.62. The lowest BCUT2D eigenvalue weighted by Gasteiger charge is -2.19. The molecule has 1 aliphatic heterocycles. The van der Waals surface area contributed by atoms with Gasteiger partial charge in [0.05, 0.1) is 18.5 Å². The number of hydrogen-bond donors (Lipinski definition) is 3. The first-order chi connectivity index (χ1) is 15.6. The average Bonchev–Trinajstić information content (AvgIpc) is 3.34. The van der Waals surface area contributed by atoms with Gasteiger partial charge in [-0.25, -0.2) is 14.8 Å². The van der Waals surface area contributed by atoms with Crippen LogP contribution in [0.1, 0.15) is 12.8 Å². The standard InChI is InChI=1S/C22H24N6O3S/c1-31-18-8-4-6-16(12-18)26-22(29)27-21-14-20(23-15-24-21)25-17-7-5-9-19(13-17)32(30)28-10-2-3-11-28/h4-9,12-15H,2-3,10-11H2,1H3,(H3,23,24,25,26,27,29). The number of hydrogen-bond acceptors (Lipinski definition) is 7. The van der Waals surface area contributed by atoms with E-state index in [4.69, 9.17) is 4.74 Å². The highest BCUT2D eigenvalue weighted by Gasteiger charge is 2.25. The summed E-state index contributed by atoms with van der Waals surface area (Å²) in [4.78, 5) is 21.3. The smallest absolute Gasteiger partial charge is 0.324 e. The van der Waals surface area contributed by atoms with Crippen LogP contribution in [0.5, 0.6) is 5.75 Å². The number of urea groups is 1. The molecule has 32 heavy (non-hydrogen) atoms. The van der Waals surface area contributed by atoms with Crippen LogP contribution in [0.4, 0.5) is 27.8 Å². The summed E-state index contributed by atoms with van der Waals surface area (Å²) in [6.07, 6.45) is 3.51. The SMILES string of the molecule is COc1cccc(NC(=O)Nc2cc(Nc3cccc([S+]([O-])N4CCCC4)c3)ncn2)c1. The van der Waals surface area contributed by atoms with E-state index < -0.39 is 17.4 Å². The number of rotatable bonds is 7. The fourth-order valence-electron chi connectivity index (χ4n) is 3.31. The molecule has 1 unspecified atom stereocenters. The second-order valence-electron chi connectivity index (χ2n) is 7.14. The van der Waals surface area contributed by atoms with Crippen LogP contribution in [0, 0.1) is 0 Å². The third-order valence-electron chi connectivity index (χ3n) is 4.84. The maximum atomic E-state index is 12.7. The highest BCUT2D eigenvalue weighted by atomic mass is 32.2. The minimum absolute atomic E-state index is 0.333. The Hall–Kier alpha value is -3.34. The van der Waals surface area contributed by atoms with E-state index in [0.717, 1.165) is 36.5 Å². The summed E-state index contributed by atoms with van der Waals surface area (Å²) in [6, 6.07) is 15.7. The van der Waals surface area contributed by atoms with Crippen LogP contribution >= 0.6 is 0 Å². The Morgan fingerprint density at radius 2 is 1.75 bits per heavy atom. The Kier molecular flexibility index (Phi) is 7.05. The van der Waals surface area contributed by atoms with Crippen LogP contribution in [0.15, 0.2) is 65.8 Å². The third-order valence-corrected chi connectivity index (χ3v) is 6.34. The van der Waals surface area contributed by atoms with Gasteiger partial charge >= 0.3 is 6.03 Å². The van der Waals surface area contributed by atoms with Crippen molar-refractivity contribution >= 4 is 40.4 Å². The topological polar surface area (TPSA) is 114 Å². The summed E-state index contributed by atoms with van der Waals surface area (Å²) in [5.41, 5.74) is 1.35. The molecule has 0 bridgehead atoms. The predicted molar refractivity (Wildman–Crippen MR) is 125 cm³/mol. The van der Waals surface area contributed by atoms with Crippen molar-refractivity contribution < 1.29 is 14.1 Å². The number of ether oxygens (including phenoxy) is 1. The molecule has 1 aromatic heterocycles. The first-order valence-corrected chi connectivity index (χ1v) is 11.3. The van der Waals surface area contributed by atoms with Gasteiger partial charge in [0, 0.05) is 42.7 Å². The lowest BCUT2D eigenvalue weighted by Crippen LogP contribution is -2.27. The normalized spacial score (nSPS) is 14.6. The number of anilines is 4. The summed E-state index contributed by atoms with van der Waals surface area (Å²) in [6.45, 7) is 1.70. The largest absolute Gasteiger partial charge is 0.593 e. The van der Waals surface area contributed by atoms with Crippen molar-refractivity contribution in [2.24, 2.45) is 0 Å². The quantitative estimate of drug-likeness (QED) is 0.464. The van der Waals surface area contributed by atoms with Gasteiger partial charge in [0.2, 0.25) is 0 Å².